The molecule has 1 atom stereocenters. The van der Waals surface area contributed by atoms with E-state index < -0.39 is 0 Å². The van der Waals surface area contributed by atoms with Crippen LogP contribution in [-0.2, 0) is 6.42 Å². The molecule has 1 rings (SSSR count). The average Bonchev–Trinajstić information content (AvgIpc) is 2.54. The van der Waals surface area contributed by atoms with E-state index in [1.54, 1.807) is 11.3 Å². The fraction of sp³-hybridized carbons (Fsp3) is 0.727. The largest absolute Gasteiger partial charge is 0.319 e. The van der Waals surface area contributed by atoms with E-state index in [2.05, 4.69) is 36.5 Å². The first-order chi connectivity index (χ1) is 6.54. The van der Waals surface area contributed by atoms with E-state index in [-0.39, 0.29) is 0 Å². The molecule has 0 aliphatic heterocycles. The molecule has 0 aromatic carbocycles. The third-order valence-corrected chi connectivity index (χ3v) is 3.38. The second kappa shape index (κ2) is 4.89. The molecule has 14 heavy (non-hydrogen) atoms. The first-order valence-corrected chi connectivity index (χ1v) is 5.95. The number of aromatic nitrogens is 1. The van der Waals surface area contributed by atoms with Crippen molar-refractivity contribution in [2.75, 3.05) is 13.6 Å². The van der Waals surface area contributed by atoms with Gasteiger partial charge in [-0.1, -0.05) is 20.8 Å². The van der Waals surface area contributed by atoms with E-state index in [0.717, 1.165) is 13.0 Å². The number of rotatable bonds is 4. The van der Waals surface area contributed by atoms with E-state index in [1.165, 1.54) is 5.01 Å². The van der Waals surface area contributed by atoms with E-state index in [0.29, 0.717) is 11.3 Å². The highest BCUT2D eigenvalue weighted by molar-refractivity contribution is 7.09. The average molecular weight is 212 g/mol. The number of hydrogen-bond donors (Lipinski definition) is 1. The van der Waals surface area contributed by atoms with Gasteiger partial charge in [0, 0.05) is 18.0 Å². The van der Waals surface area contributed by atoms with Crippen LogP contribution in [0.2, 0.25) is 0 Å². The standard InChI is InChI=1S/C11H20N2S/c1-11(2,3)9(8-12-4)7-10-13-5-6-14-10/h5-6,9,12H,7-8H2,1-4H3. The lowest BCUT2D eigenvalue weighted by Crippen LogP contribution is -2.31. The summed E-state index contributed by atoms with van der Waals surface area (Å²) >= 11 is 1.75. The van der Waals surface area contributed by atoms with Crippen LogP contribution in [0, 0.1) is 11.3 Å². The zero-order chi connectivity index (χ0) is 10.6. The molecular formula is C11H20N2S. The monoisotopic (exact) mass is 212 g/mol. The Hall–Kier alpha value is -0.410. The minimum absolute atomic E-state index is 0.342. The molecule has 2 nitrogen and oxygen atoms in total. The van der Waals surface area contributed by atoms with Crippen LogP contribution in [0.4, 0.5) is 0 Å². The van der Waals surface area contributed by atoms with Gasteiger partial charge >= 0.3 is 0 Å². The Bertz CT molecular complexity index is 249. The van der Waals surface area contributed by atoms with Crippen molar-refractivity contribution in [2.24, 2.45) is 11.3 Å². The summed E-state index contributed by atoms with van der Waals surface area (Å²) in [6.45, 7) is 7.94. The van der Waals surface area contributed by atoms with Crippen molar-refractivity contribution in [3.8, 4) is 0 Å². The van der Waals surface area contributed by atoms with E-state index in [4.69, 9.17) is 0 Å². The van der Waals surface area contributed by atoms with Gasteiger partial charge in [0.2, 0.25) is 0 Å². The van der Waals surface area contributed by atoms with Crippen molar-refractivity contribution in [3.05, 3.63) is 16.6 Å². The summed E-state index contributed by atoms with van der Waals surface area (Å²) in [5.74, 6) is 0.652. The lowest BCUT2D eigenvalue weighted by molar-refractivity contribution is 0.234. The maximum absolute atomic E-state index is 4.34. The van der Waals surface area contributed by atoms with Crippen molar-refractivity contribution in [1.29, 1.82) is 0 Å². The van der Waals surface area contributed by atoms with Gasteiger partial charge in [-0.15, -0.1) is 11.3 Å². The predicted molar refractivity (Wildman–Crippen MR) is 62.7 cm³/mol. The van der Waals surface area contributed by atoms with Gasteiger partial charge in [-0.3, -0.25) is 0 Å². The summed E-state index contributed by atoms with van der Waals surface area (Å²) < 4.78 is 0. The molecule has 1 aromatic heterocycles. The highest BCUT2D eigenvalue weighted by atomic mass is 32.1. The quantitative estimate of drug-likeness (QED) is 0.829. The van der Waals surface area contributed by atoms with Gasteiger partial charge in [0.1, 0.15) is 0 Å². The van der Waals surface area contributed by atoms with Crippen LogP contribution in [0.5, 0.6) is 0 Å². The van der Waals surface area contributed by atoms with Crippen molar-refractivity contribution >= 4 is 11.3 Å². The van der Waals surface area contributed by atoms with Crippen molar-refractivity contribution in [1.82, 2.24) is 10.3 Å². The maximum Gasteiger partial charge on any atom is 0.0928 e. The molecule has 3 heteroatoms. The van der Waals surface area contributed by atoms with Crippen LogP contribution in [0.15, 0.2) is 11.6 Å². The molecule has 1 heterocycles. The molecule has 0 saturated carbocycles. The third kappa shape index (κ3) is 3.39. The van der Waals surface area contributed by atoms with Gasteiger partial charge in [-0.05, 0) is 24.9 Å². The van der Waals surface area contributed by atoms with Crippen LogP contribution < -0.4 is 5.32 Å². The summed E-state index contributed by atoms with van der Waals surface area (Å²) in [5, 5.41) is 6.56. The number of thiazole rings is 1. The van der Waals surface area contributed by atoms with Crippen LogP contribution in [-0.4, -0.2) is 18.6 Å². The molecule has 0 radical (unpaired) electrons. The fourth-order valence-electron chi connectivity index (χ4n) is 1.50. The molecule has 0 spiro atoms. The molecular weight excluding hydrogens is 192 g/mol. The first kappa shape index (κ1) is 11.7. The van der Waals surface area contributed by atoms with Gasteiger partial charge in [-0.2, -0.15) is 0 Å². The normalized spacial score (nSPS) is 14.3. The lowest BCUT2D eigenvalue weighted by Gasteiger charge is -2.30. The van der Waals surface area contributed by atoms with E-state index in [9.17, 15) is 0 Å². The number of nitrogens with one attached hydrogen (secondary N) is 1. The Morgan fingerprint density at radius 3 is 2.64 bits per heavy atom. The SMILES string of the molecule is CNCC(Cc1nccs1)C(C)(C)C. The van der Waals surface area contributed by atoms with E-state index in [1.807, 2.05) is 13.2 Å². The molecule has 1 aromatic rings. The van der Waals surface area contributed by atoms with Crippen molar-refractivity contribution in [3.63, 3.8) is 0 Å². The summed E-state index contributed by atoms with van der Waals surface area (Å²) in [6.07, 6.45) is 2.97. The molecule has 0 amide bonds. The minimum Gasteiger partial charge on any atom is -0.319 e. The van der Waals surface area contributed by atoms with Gasteiger partial charge in [0.15, 0.2) is 0 Å². The van der Waals surface area contributed by atoms with Gasteiger partial charge < -0.3 is 5.32 Å². The van der Waals surface area contributed by atoms with Crippen LogP contribution in [0.1, 0.15) is 25.8 Å². The highest BCUT2D eigenvalue weighted by Gasteiger charge is 2.24. The van der Waals surface area contributed by atoms with Crippen LogP contribution in [0.25, 0.3) is 0 Å². The molecule has 80 valence electrons. The van der Waals surface area contributed by atoms with Gasteiger partial charge in [0.05, 0.1) is 5.01 Å². The highest BCUT2D eigenvalue weighted by Crippen LogP contribution is 2.28. The van der Waals surface area contributed by atoms with Gasteiger partial charge in [0.25, 0.3) is 0 Å². The molecule has 0 aliphatic carbocycles. The third-order valence-electron chi connectivity index (χ3n) is 2.58. The second-order valence-corrected chi connectivity index (χ2v) is 5.73. The van der Waals surface area contributed by atoms with Crippen LogP contribution >= 0.6 is 11.3 Å². The molecule has 0 saturated heterocycles. The smallest absolute Gasteiger partial charge is 0.0928 e. The Balaban J connectivity index is 2.60. The summed E-state index contributed by atoms with van der Waals surface area (Å²) in [7, 11) is 2.01. The molecule has 0 bridgehead atoms. The van der Waals surface area contributed by atoms with Gasteiger partial charge in [-0.25, -0.2) is 4.98 Å². The Morgan fingerprint density at radius 2 is 2.21 bits per heavy atom. The van der Waals surface area contributed by atoms with E-state index >= 15 is 0 Å². The predicted octanol–water partition coefficient (Wildman–Crippen LogP) is 2.57. The molecule has 1 unspecified atom stereocenters. The Labute approximate surface area is 90.8 Å². The van der Waals surface area contributed by atoms with Crippen molar-refractivity contribution < 1.29 is 0 Å². The number of nitrogens with zero attached hydrogens (tertiary/aromatic N) is 1. The summed E-state index contributed by atoms with van der Waals surface area (Å²) in [6, 6.07) is 0. The molecule has 1 N–H and O–H groups in total. The zero-order valence-electron chi connectivity index (χ0n) is 9.50. The van der Waals surface area contributed by atoms with Crippen LogP contribution in [0.3, 0.4) is 0 Å². The molecule has 0 fully saturated rings. The number of hydrogen-bond acceptors (Lipinski definition) is 3. The maximum atomic E-state index is 4.34. The zero-order valence-corrected chi connectivity index (χ0v) is 10.3. The fourth-order valence-corrected chi connectivity index (χ4v) is 2.19. The molecule has 0 aliphatic rings. The topological polar surface area (TPSA) is 24.9 Å². The Morgan fingerprint density at radius 1 is 1.50 bits per heavy atom. The first-order valence-electron chi connectivity index (χ1n) is 5.07. The Kier molecular flexibility index (Phi) is 4.08. The van der Waals surface area contributed by atoms with Crippen molar-refractivity contribution in [2.45, 2.75) is 27.2 Å². The lowest BCUT2D eigenvalue weighted by atomic mass is 9.79. The summed E-state index contributed by atoms with van der Waals surface area (Å²) in [5.41, 5.74) is 0.342. The summed E-state index contributed by atoms with van der Waals surface area (Å²) in [4.78, 5) is 4.34. The second-order valence-electron chi connectivity index (χ2n) is 4.75. The minimum atomic E-state index is 0.342.